The molecule has 100 valence electrons. The lowest BCUT2D eigenvalue weighted by Crippen LogP contribution is -2.33. The molecule has 0 saturated heterocycles. The second-order valence-electron chi connectivity index (χ2n) is 4.88. The van der Waals surface area contributed by atoms with Gasteiger partial charge in [0.05, 0.1) is 10.5 Å². The largest absolute Gasteiger partial charge is 0.388 e. The van der Waals surface area contributed by atoms with Gasteiger partial charge >= 0.3 is 0 Å². The first-order valence-electron chi connectivity index (χ1n) is 6.07. The predicted octanol–water partition coefficient (Wildman–Crippen LogP) is 2.87. The third kappa shape index (κ3) is 4.00. The molecule has 0 amide bonds. The molecule has 5 heteroatoms. The van der Waals surface area contributed by atoms with Crippen molar-refractivity contribution < 1.29 is 10.0 Å². The Morgan fingerprint density at radius 1 is 1.50 bits per heavy atom. The summed E-state index contributed by atoms with van der Waals surface area (Å²) < 4.78 is 0. The number of rotatable bonds is 6. The number of aliphatic hydroxyl groups is 1. The van der Waals surface area contributed by atoms with Gasteiger partial charge in [0.2, 0.25) is 0 Å². The molecule has 1 aromatic rings. The van der Waals surface area contributed by atoms with Gasteiger partial charge in [-0.25, -0.2) is 0 Å². The topological polar surface area (TPSA) is 75.4 Å². The van der Waals surface area contributed by atoms with Crippen molar-refractivity contribution in [3.05, 3.63) is 33.9 Å². The Bertz CT molecular complexity index is 430. The number of nitrogens with one attached hydrogen (secondary N) is 1. The van der Waals surface area contributed by atoms with E-state index in [1.807, 2.05) is 19.9 Å². The highest BCUT2D eigenvalue weighted by Crippen LogP contribution is 2.26. The Labute approximate surface area is 107 Å². The Morgan fingerprint density at radius 2 is 2.17 bits per heavy atom. The molecule has 0 saturated carbocycles. The third-order valence-corrected chi connectivity index (χ3v) is 2.80. The highest BCUT2D eigenvalue weighted by Gasteiger charge is 2.21. The first-order chi connectivity index (χ1) is 8.35. The summed E-state index contributed by atoms with van der Waals surface area (Å²) >= 11 is 0. The second-order valence-corrected chi connectivity index (χ2v) is 4.88. The fourth-order valence-electron chi connectivity index (χ4n) is 1.85. The number of hydrogen-bond acceptors (Lipinski definition) is 4. The average Bonchev–Trinajstić information content (AvgIpc) is 2.27. The van der Waals surface area contributed by atoms with Gasteiger partial charge in [0.1, 0.15) is 5.69 Å². The zero-order valence-corrected chi connectivity index (χ0v) is 11.1. The van der Waals surface area contributed by atoms with E-state index in [0.717, 1.165) is 12.0 Å². The molecule has 0 spiro atoms. The highest BCUT2D eigenvalue weighted by molar-refractivity contribution is 5.62. The first-order valence-corrected chi connectivity index (χ1v) is 6.07. The number of anilines is 1. The lowest BCUT2D eigenvalue weighted by Gasteiger charge is -2.23. The number of benzene rings is 1. The normalized spacial score (nSPS) is 14.0. The molecular weight excluding hydrogens is 232 g/mol. The molecule has 1 unspecified atom stereocenters. The molecule has 0 fully saturated rings. The fraction of sp³-hybridized carbons (Fsp3) is 0.538. The molecule has 0 bridgehead atoms. The van der Waals surface area contributed by atoms with Crippen LogP contribution in [0.25, 0.3) is 0 Å². The quantitative estimate of drug-likeness (QED) is 0.603. The third-order valence-electron chi connectivity index (χ3n) is 2.80. The lowest BCUT2D eigenvalue weighted by molar-refractivity contribution is -0.384. The van der Waals surface area contributed by atoms with Gasteiger partial charge < -0.3 is 10.4 Å². The summed E-state index contributed by atoms with van der Waals surface area (Å²) in [4.78, 5) is 10.5. The van der Waals surface area contributed by atoms with Crippen LogP contribution >= 0.6 is 0 Å². The van der Waals surface area contributed by atoms with Gasteiger partial charge in [-0.05, 0) is 31.9 Å². The molecule has 1 rings (SSSR count). The Balaban J connectivity index is 2.82. The van der Waals surface area contributed by atoms with E-state index in [4.69, 9.17) is 0 Å². The van der Waals surface area contributed by atoms with Crippen LogP contribution in [0.2, 0.25) is 0 Å². The Kier molecular flexibility index (Phi) is 4.67. The maximum Gasteiger partial charge on any atom is 0.292 e. The molecule has 18 heavy (non-hydrogen) atoms. The van der Waals surface area contributed by atoms with Crippen molar-refractivity contribution in [2.45, 2.75) is 39.2 Å². The van der Waals surface area contributed by atoms with Gasteiger partial charge in [-0.3, -0.25) is 10.1 Å². The molecule has 1 atom stereocenters. The van der Waals surface area contributed by atoms with E-state index in [1.165, 1.54) is 6.07 Å². The minimum atomic E-state index is -0.854. The minimum Gasteiger partial charge on any atom is -0.388 e. The van der Waals surface area contributed by atoms with Crippen LogP contribution in [0.5, 0.6) is 0 Å². The summed E-state index contributed by atoms with van der Waals surface area (Å²) in [6.45, 7) is 5.82. The number of hydrogen-bond donors (Lipinski definition) is 2. The first kappa shape index (κ1) is 14.4. The number of nitro groups is 1. The Morgan fingerprint density at radius 3 is 2.72 bits per heavy atom. The van der Waals surface area contributed by atoms with Crippen molar-refractivity contribution in [1.29, 1.82) is 0 Å². The van der Waals surface area contributed by atoms with Crippen LogP contribution in [0.1, 0.15) is 32.3 Å². The summed E-state index contributed by atoms with van der Waals surface area (Å²) in [5, 5.41) is 23.9. The maximum absolute atomic E-state index is 10.9. The maximum atomic E-state index is 10.9. The molecule has 0 heterocycles. The fourth-order valence-corrected chi connectivity index (χ4v) is 1.85. The van der Waals surface area contributed by atoms with E-state index in [2.05, 4.69) is 5.32 Å². The summed E-state index contributed by atoms with van der Waals surface area (Å²) in [6, 6.07) is 5.01. The number of aryl methyl sites for hydroxylation is 1. The molecule has 0 aliphatic carbocycles. The van der Waals surface area contributed by atoms with Crippen LogP contribution in [-0.4, -0.2) is 22.2 Å². The predicted molar refractivity (Wildman–Crippen MR) is 71.9 cm³/mol. The lowest BCUT2D eigenvalue weighted by atomic mass is 10.0. The Hall–Kier alpha value is -1.62. The van der Waals surface area contributed by atoms with E-state index >= 15 is 0 Å². The molecule has 0 aromatic heterocycles. The van der Waals surface area contributed by atoms with Crippen molar-refractivity contribution in [3.63, 3.8) is 0 Å². The van der Waals surface area contributed by atoms with Crippen LogP contribution < -0.4 is 5.32 Å². The van der Waals surface area contributed by atoms with Crippen LogP contribution in [0.15, 0.2) is 18.2 Å². The summed E-state index contributed by atoms with van der Waals surface area (Å²) in [5.74, 6) is 0. The van der Waals surface area contributed by atoms with Crippen molar-refractivity contribution in [2.24, 2.45) is 0 Å². The van der Waals surface area contributed by atoms with Gasteiger partial charge in [-0.15, -0.1) is 0 Å². The van der Waals surface area contributed by atoms with Gasteiger partial charge in [-0.1, -0.05) is 19.4 Å². The molecule has 0 aliphatic rings. The molecule has 5 nitrogen and oxygen atoms in total. The van der Waals surface area contributed by atoms with E-state index in [-0.39, 0.29) is 5.69 Å². The van der Waals surface area contributed by atoms with Crippen molar-refractivity contribution >= 4 is 11.4 Å². The zero-order chi connectivity index (χ0) is 13.8. The van der Waals surface area contributed by atoms with Crippen molar-refractivity contribution in [1.82, 2.24) is 0 Å². The minimum absolute atomic E-state index is 0.0438. The summed E-state index contributed by atoms with van der Waals surface area (Å²) in [5.41, 5.74) is 0.477. The zero-order valence-electron chi connectivity index (χ0n) is 11.1. The smallest absolute Gasteiger partial charge is 0.292 e. The van der Waals surface area contributed by atoms with Crippen LogP contribution in [0.4, 0.5) is 11.4 Å². The number of nitrogens with zero attached hydrogens (tertiary/aromatic N) is 1. The van der Waals surface area contributed by atoms with E-state index < -0.39 is 10.5 Å². The molecule has 2 N–H and O–H groups in total. The van der Waals surface area contributed by atoms with Crippen LogP contribution in [0, 0.1) is 17.0 Å². The second kappa shape index (κ2) is 5.82. The SMILES string of the molecule is CCCC(C)(O)CNc1ccc(C)cc1[N+](=O)[O-]. The van der Waals surface area contributed by atoms with E-state index in [9.17, 15) is 15.2 Å². The van der Waals surface area contributed by atoms with E-state index in [1.54, 1.807) is 13.0 Å². The van der Waals surface area contributed by atoms with Gasteiger partial charge in [0.15, 0.2) is 0 Å². The summed E-state index contributed by atoms with van der Waals surface area (Å²) in [7, 11) is 0. The van der Waals surface area contributed by atoms with Gasteiger partial charge in [0.25, 0.3) is 5.69 Å². The average molecular weight is 252 g/mol. The molecule has 0 aliphatic heterocycles. The van der Waals surface area contributed by atoms with Crippen molar-refractivity contribution in [2.75, 3.05) is 11.9 Å². The molecular formula is C13H20N2O3. The molecule has 0 radical (unpaired) electrons. The van der Waals surface area contributed by atoms with Crippen LogP contribution in [0.3, 0.4) is 0 Å². The van der Waals surface area contributed by atoms with Crippen LogP contribution in [-0.2, 0) is 0 Å². The monoisotopic (exact) mass is 252 g/mol. The van der Waals surface area contributed by atoms with E-state index in [0.29, 0.717) is 18.7 Å². The highest BCUT2D eigenvalue weighted by atomic mass is 16.6. The van der Waals surface area contributed by atoms with Crippen molar-refractivity contribution in [3.8, 4) is 0 Å². The van der Waals surface area contributed by atoms with Gasteiger partial charge in [0, 0.05) is 12.6 Å². The summed E-state index contributed by atoms with van der Waals surface area (Å²) in [6.07, 6.45) is 1.52. The number of nitro benzene ring substituents is 1. The standard InChI is InChI=1S/C13H20N2O3/c1-4-7-13(3,16)9-14-11-6-5-10(2)8-12(11)15(17)18/h5-6,8,14,16H,4,7,9H2,1-3H3. The molecule has 1 aromatic carbocycles. The van der Waals surface area contributed by atoms with Gasteiger partial charge in [-0.2, -0.15) is 0 Å².